The maximum absolute atomic E-state index is 13.3. The molecule has 0 saturated heterocycles. The maximum Gasteiger partial charge on any atom is 0.255 e. The summed E-state index contributed by atoms with van der Waals surface area (Å²) in [5, 5.41) is 2.15. The molecular weight excluding hydrogens is 342 g/mol. The van der Waals surface area contributed by atoms with Crippen molar-refractivity contribution in [2.75, 3.05) is 5.32 Å². The lowest BCUT2D eigenvalue weighted by Gasteiger charge is -2.07. The fraction of sp³-hybridized carbons (Fsp3) is 0. The summed E-state index contributed by atoms with van der Waals surface area (Å²) < 4.78 is 52.1. The Balaban J connectivity index is 2.25. The van der Waals surface area contributed by atoms with Crippen molar-refractivity contribution in [1.29, 1.82) is 0 Å². The molecule has 0 aliphatic carbocycles. The van der Waals surface area contributed by atoms with Crippen LogP contribution in [0.3, 0.4) is 0 Å². The van der Waals surface area contributed by atoms with Crippen LogP contribution in [0.1, 0.15) is 10.4 Å². The van der Waals surface area contributed by atoms with Crippen molar-refractivity contribution in [3.63, 3.8) is 0 Å². The first-order valence-electron chi connectivity index (χ1n) is 5.29. The van der Waals surface area contributed by atoms with Crippen molar-refractivity contribution in [3.8, 4) is 0 Å². The molecule has 1 amide bonds. The maximum atomic E-state index is 13.3. The van der Waals surface area contributed by atoms with E-state index in [1.165, 1.54) is 12.1 Å². The molecule has 2 rings (SSSR count). The van der Waals surface area contributed by atoms with Gasteiger partial charge in [-0.15, -0.1) is 0 Å². The first-order valence-corrected chi connectivity index (χ1v) is 6.08. The van der Waals surface area contributed by atoms with Crippen molar-refractivity contribution in [3.05, 3.63) is 63.6 Å². The highest BCUT2D eigenvalue weighted by Crippen LogP contribution is 2.20. The van der Waals surface area contributed by atoms with Gasteiger partial charge in [-0.1, -0.05) is 0 Å². The Morgan fingerprint density at radius 1 is 0.950 bits per heavy atom. The van der Waals surface area contributed by atoms with Gasteiger partial charge in [-0.25, -0.2) is 17.6 Å². The van der Waals surface area contributed by atoms with Gasteiger partial charge in [-0.3, -0.25) is 4.79 Å². The SMILES string of the molecule is O=C(Nc1cc(F)c(F)c(F)c1)c1ccc(Br)c(F)c1. The van der Waals surface area contributed by atoms with Gasteiger partial charge < -0.3 is 5.32 Å². The highest BCUT2D eigenvalue weighted by Gasteiger charge is 2.14. The number of halogens is 5. The summed E-state index contributed by atoms with van der Waals surface area (Å²) in [4.78, 5) is 11.8. The zero-order valence-corrected chi connectivity index (χ0v) is 11.3. The monoisotopic (exact) mass is 347 g/mol. The fourth-order valence-corrected chi connectivity index (χ4v) is 1.71. The molecule has 0 aromatic heterocycles. The number of amides is 1. The fourth-order valence-electron chi connectivity index (χ4n) is 1.47. The molecule has 0 fully saturated rings. The third-order valence-corrected chi connectivity index (χ3v) is 3.07. The molecule has 0 heterocycles. The van der Waals surface area contributed by atoms with Crippen LogP contribution in [0.15, 0.2) is 34.8 Å². The average molecular weight is 348 g/mol. The number of carbonyl (C=O) groups excluding carboxylic acids is 1. The number of anilines is 1. The summed E-state index contributed by atoms with van der Waals surface area (Å²) in [6.45, 7) is 0. The van der Waals surface area contributed by atoms with Crippen LogP contribution >= 0.6 is 15.9 Å². The third kappa shape index (κ3) is 2.98. The summed E-state index contributed by atoms with van der Waals surface area (Å²) in [5.41, 5.74) is -0.314. The molecule has 0 unspecified atom stereocenters. The molecule has 0 aliphatic heterocycles. The Labute approximate surface area is 119 Å². The quantitative estimate of drug-likeness (QED) is 0.638. The number of benzene rings is 2. The first kappa shape index (κ1) is 14.5. The van der Waals surface area contributed by atoms with Gasteiger partial charge in [0, 0.05) is 23.4 Å². The molecule has 2 aromatic carbocycles. The Kier molecular flexibility index (Phi) is 4.08. The van der Waals surface area contributed by atoms with Crippen LogP contribution in [0, 0.1) is 23.3 Å². The van der Waals surface area contributed by atoms with Gasteiger partial charge in [0.25, 0.3) is 5.91 Å². The summed E-state index contributed by atoms with van der Waals surface area (Å²) in [7, 11) is 0. The highest BCUT2D eigenvalue weighted by molar-refractivity contribution is 9.10. The van der Waals surface area contributed by atoms with E-state index in [2.05, 4.69) is 21.2 Å². The van der Waals surface area contributed by atoms with Crippen LogP contribution in [0.25, 0.3) is 0 Å². The van der Waals surface area contributed by atoms with Gasteiger partial charge in [0.1, 0.15) is 5.82 Å². The molecule has 2 nitrogen and oxygen atoms in total. The van der Waals surface area contributed by atoms with E-state index in [-0.39, 0.29) is 15.7 Å². The van der Waals surface area contributed by atoms with Gasteiger partial charge in [0.15, 0.2) is 17.5 Å². The smallest absolute Gasteiger partial charge is 0.255 e. The molecule has 2 aromatic rings. The van der Waals surface area contributed by atoms with E-state index in [0.717, 1.165) is 6.07 Å². The Hall–Kier alpha value is -1.89. The van der Waals surface area contributed by atoms with Crippen LogP contribution in [-0.2, 0) is 0 Å². The Bertz CT molecular complexity index is 667. The molecule has 0 atom stereocenters. The van der Waals surface area contributed by atoms with Crippen LogP contribution in [0.5, 0.6) is 0 Å². The second-order valence-corrected chi connectivity index (χ2v) is 4.69. The first-order chi connectivity index (χ1) is 9.38. The zero-order chi connectivity index (χ0) is 14.9. The minimum atomic E-state index is -1.63. The molecule has 104 valence electrons. The molecule has 20 heavy (non-hydrogen) atoms. The van der Waals surface area contributed by atoms with E-state index in [1.807, 2.05) is 0 Å². The van der Waals surface area contributed by atoms with Crippen molar-refractivity contribution >= 4 is 27.5 Å². The normalized spacial score (nSPS) is 10.4. The molecule has 0 spiro atoms. The standard InChI is InChI=1S/C13H6BrF4NO/c14-8-2-1-6(3-9(8)15)13(20)19-7-4-10(16)12(18)11(17)5-7/h1-5H,(H,19,20). The van der Waals surface area contributed by atoms with E-state index in [4.69, 9.17) is 0 Å². The van der Waals surface area contributed by atoms with E-state index in [0.29, 0.717) is 12.1 Å². The average Bonchev–Trinajstić information content (AvgIpc) is 2.39. The van der Waals surface area contributed by atoms with Gasteiger partial charge in [0.2, 0.25) is 0 Å². The van der Waals surface area contributed by atoms with Crippen LogP contribution in [-0.4, -0.2) is 5.91 Å². The Morgan fingerprint density at radius 2 is 1.55 bits per heavy atom. The third-order valence-electron chi connectivity index (χ3n) is 2.42. The summed E-state index contributed by atoms with van der Waals surface area (Å²) in [6.07, 6.45) is 0. The van der Waals surface area contributed by atoms with Crippen molar-refractivity contribution in [2.45, 2.75) is 0 Å². The minimum Gasteiger partial charge on any atom is -0.322 e. The van der Waals surface area contributed by atoms with Crippen molar-refractivity contribution < 1.29 is 22.4 Å². The molecule has 0 aliphatic rings. The second-order valence-electron chi connectivity index (χ2n) is 3.84. The van der Waals surface area contributed by atoms with E-state index in [9.17, 15) is 22.4 Å². The molecule has 0 radical (unpaired) electrons. The molecule has 0 saturated carbocycles. The highest BCUT2D eigenvalue weighted by atomic mass is 79.9. The van der Waals surface area contributed by atoms with Crippen molar-refractivity contribution in [2.24, 2.45) is 0 Å². The molecule has 7 heteroatoms. The Morgan fingerprint density at radius 3 is 2.10 bits per heavy atom. The predicted molar refractivity (Wildman–Crippen MR) is 68.4 cm³/mol. The molecule has 1 N–H and O–H groups in total. The number of hydrogen-bond donors (Lipinski definition) is 1. The van der Waals surface area contributed by atoms with Crippen LogP contribution in [0.2, 0.25) is 0 Å². The molecular formula is C13H6BrF4NO. The van der Waals surface area contributed by atoms with E-state index < -0.39 is 29.2 Å². The van der Waals surface area contributed by atoms with Crippen LogP contribution in [0.4, 0.5) is 23.2 Å². The minimum absolute atomic E-state index is 0.0455. The number of nitrogens with one attached hydrogen (secondary N) is 1. The van der Waals surface area contributed by atoms with E-state index >= 15 is 0 Å². The summed E-state index contributed by atoms with van der Waals surface area (Å²) in [6, 6.07) is 4.85. The largest absolute Gasteiger partial charge is 0.322 e. The lowest BCUT2D eigenvalue weighted by atomic mass is 10.2. The van der Waals surface area contributed by atoms with Crippen molar-refractivity contribution in [1.82, 2.24) is 0 Å². The van der Waals surface area contributed by atoms with Gasteiger partial charge in [-0.2, -0.15) is 0 Å². The lowest BCUT2D eigenvalue weighted by Crippen LogP contribution is -2.13. The van der Waals surface area contributed by atoms with Gasteiger partial charge in [-0.05, 0) is 34.1 Å². The predicted octanol–water partition coefficient (Wildman–Crippen LogP) is 4.26. The topological polar surface area (TPSA) is 29.1 Å². The number of carbonyl (C=O) groups is 1. The summed E-state index contributed by atoms with van der Waals surface area (Å²) in [5.74, 6) is -5.92. The summed E-state index contributed by atoms with van der Waals surface area (Å²) >= 11 is 2.92. The lowest BCUT2D eigenvalue weighted by molar-refractivity contribution is 0.102. The zero-order valence-electron chi connectivity index (χ0n) is 9.68. The molecule has 0 bridgehead atoms. The van der Waals surface area contributed by atoms with E-state index in [1.54, 1.807) is 0 Å². The number of rotatable bonds is 2. The number of hydrogen-bond acceptors (Lipinski definition) is 1. The van der Waals surface area contributed by atoms with Gasteiger partial charge >= 0.3 is 0 Å². The van der Waals surface area contributed by atoms with Gasteiger partial charge in [0.05, 0.1) is 4.47 Å². The second kappa shape index (κ2) is 5.62. The van der Waals surface area contributed by atoms with Crippen LogP contribution < -0.4 is 5.32 Å².